The van der Waals surface area contributed by atoms with Crippen molar-refractivity contribution >= 4 is 0 Å². The summed E-state index contributed by atoms with van der Waals surface area (Å²) in [5, 5.41) is 0. The van der Waals surface area contributed by atoms with Crippen LogP contribution in [0.1, 0.15) is 44.9 Å². The van der Waals surface area contributed by atoms with Crippen molar-refractivity contribution < 1.29 is 0 Å². The highest BCUT2D eigenvalue weighted by molar-refractivity contribution is 4.79. The van der Waals surface area contributed by atoms with E-state index in [0.717, 1.165) is 11.8 Å². The second-order valence-corrected chi connectivity index (χ2v) is 5.06. The molecule has 0 aromatic heterocycles. The maximum atomic E-state index is 2.53. The fraction of sp³-hybridized carbons (Fsp3) is 1.00. The Hall–Kier alpha value is -0.0400. The first-order chi connectivity index (χ1) is 6.36. The zero-order valence-electron chi connectivity index (χ0n) is 8.97. The van der Waals surface area contributed by atoms with E-state index in [9.17, 15) is 0 Å². The third-order valence-corrected chi connectivity index (χ3v) is 3.98. The highest BCUT2D eigenvalue weighted by atomic mass is 15.1. The molecule has 1 nitrogen and oxygen atoms in total. The normalized spacial score (nSPS) is 33.5. The van der Waals surface area contributed by atoms with E-state index in [0.29, 0.717) is 0 Å². The molecule has 13 heavy (non-hydrogen) atoms. The third kappa shape index (κ3) is 2.46. The Labute approximate surface area is 82.5 Å². The molecule has 1 heteroatoms. The first-order valence-electron chi connectivity index (χ1n) is 6.05. The van der Waals surface area contributed by atoms with Gasteiger partial charge in [-0.1, -0.05) is 32.1 Å². The summed E-state index contributed by atoms with van der Waals surface area (Å²) in [6.07, 6.45) is 10.5. The molecule has 1 aliphatic heterocycles. The van der Waals surface area contributed by atoms with Gasteiger partial charge in [0.1, 0.15) is 0 Å². The predicted molar refractivity (Wildman–Crippen MR) is 56.8 cm³/mol. The van der Waals surface area contributed by atoms with Gasteiger partial charge in [0.25, 0.3) is 0 Å². The van der Waals surface area contributed by atoms with E-state index in [1.807, 2.05) is 0 Å². The Kier molecular flexibility index (Phi) is 3.26. The summed E-state index contributed by atoms with van der Waals surface area (Å²) in [7, 11) is 2.29. The highest BCUT2D eigenvalue weighted by Gasteiger charge is 2.26. The minimum atomic E-state index is 1.04. The van der Waals surface area contributed by atoms with E-state index in [1.54, 1.807) is 0 Å². The lowest BCUT2D eigenvalue weighted by atomic mass is 9.77. The van der Waals surface area contributed by atoms with Crippen LogP contribution in [0.2, 0.25) is 0 Å². The monoisotopic (exact) mass is 181 g/mol. The third-order valence-electron chi connectivity index (χ3n) is 3.98. The Balaban J connectivity index is 1.83. The molecule has 0 N–H and O–H groups in total. The van der Waals surface area contributed by atoms with Gasteiger partial charge in [-0.05, 0) is 38.3 Å². The molecule has 1 saturated heterocycles. The average Bonchev–Trinajstić information content (AvgIpc) is 2.19. The predicted octanol–water partition coefficient (Wildman–Crippen LogP) is 2.91. The second kappa shape index (κ2) is 4.45. The Morgan fingerprint density at radius 2 is 1.54 bits per heavy atom. The van der Waals surface area contributed by atoms with Gasteiger partial charge in [0.2, 0.25) is 0 Å². The standard InChI is InChI=1S/C12H23N/c1-13-9-5-8-12(10-13)11-6-3-2-4-7-11/h11-12H,2-10H2,1H3. The second-order valence-electron chi connectivity index (χ2n) is 5.06. The first-order valence-corrected chi connectivity index (χ1v) is 6.05. The zero-order chi connectivity index (χ0) is 9.10. The lowest BCUT2D eigenvalue weighted by Gasteiger charge is -2.36. The van der Waals surface area contributed by atoms with Crippen molar-refractivity contribution in [3.63, 3.8) is 0 Å². The Morgan fingerprint density at radius 3 is 2.23 bits per heavy atom. The van der Waals surface area contributed by atoms with E-state index in [-0.39, 0.29) is 0 Å². The SMILES string of the molecule is CN1CCCC(C2CCCCC2)C1. The molecule has 0 spiro atoms. The maximum absolute atomic E-state index is 2.53. The number of hydrogen-bond donors (Lipinski definition) is 0. The quantitative estimate of drug-likeness (QED) is 0.601. The van der Waals surface area contributed by atoms with Crippen LogP contribution in [0.25, 0.3) is 0 Å². The molecule has 0 amide bonds. The maximum Gasteiger partial charge on any atom is 0.000926 e. The van der Waals surface area contributed by atoms with Crippen molar-refractivity contribution in [3.05, 3.63) is 0 Å². The van der Waals surface area contributed by atoms with Gasteiger partial charge < -0.3 is 4.90 Å². The smallest absolute Gasteiger partial charge is 0.000926 e. The summed E-state index contributed by atoms with van der Waals surface area (Å²) in [6.45, 7) is 2.72. The summed E-state index contributed by atoms with van der Waals surface area (Å²) in [6, 6.07) is 0. The van der Waals surface area contributed by atoms with Crippen LogP contribution in [0.4, 0.5) is 0 Å². The molecule has 0 bridgehead atoms. The van der Waals surface area contributed by atoms with Gasteiger partial charge in [-0.15, -0.1) is 0 Å². The van der Waals surface area contributed by atoms with Crippen LogP contribution in [0.15, 0.2) is 0 Å². The van der Waals surface area contributed by atoms with Crippen LogP contribution < -0.4 is 0 Å². The highest BCUT2D eigenvalue weighted by Crippen LogP contribution is 2.34. The lowest BCUT2D eigenvalue weighted by molar-refractivity contribution is 0.134. The van der Waals surface area contributed by atoms with Crippen LogP contribution in [0.3, 0.4) is 0 Å². The van der Waals surface area contributed by atoms with E-state index in [2.05, 4.69) is 11.9 Å². The van der Waals surface area contributed by atoms with E-state index in [1.165, 1.54) is 58.0 Å². The molecule has 1 unspecified atom stereocenters. The van der Waals surface area contributed by atoms with Crippen molar-refractivity contribution in [1.29, 1.82) is 0 Å². The van der Waals surface area contributed by atoms with Gasteiger partial charge >= 0.3 is 0 Å². The minimum absolute atomic E-state index is 1.04. The van der Waals surface area contributed by atoms with Gasteiger partial charge in [-0.2, -0.15) is 0 Å². The van der Waals surface area contributed by atoms with Gasteiger partial charge in [-0.25, -0.2) is 0 Å². The molecular formula is C12H23N. The van der Waals surface area contributed by atoms with Crippen LogP contribution in [0, 0.1) is 11.8 Å². The molecule has 1 aliphatic carbocycles. The number of piperidine rings is 1. The zero-order valence-corrected chi connectivity index (χ0v) is 8.97. The molecule has 1 atom stereocenters. The van der Waals surface area contributed by atoms with E-state index >= 15 is 0 Å². The summed E-state index contributed by atoms with van der Waals surface area (Å²) >= 11 is 0. The van der Waals surface area contributed by atoms with Crippen LogP contribution in [0.5, 0.6) is 0 Å². The number of rotatable bonds is 1. The number of hydrogen-bond acceptors (Lipinski definition) is 1. The van der Waals surface area contributed by atoms with Crippen LogP contribution >= 0.6 is 0 Å². The lowest BCUT2D eigenvalue weighted by Crippen LogP contribution is -2.36. The molecule has 0 aromatic rings. The van der Waals surface area contributed by atoms with Gasteiger partial charge in [0, 0.05) is 6.54 Å². The Morgan fingerprint density at radius 1 is 0.846 bits per heavy atom. The van der Waals surface area contributed by atoms with Crippen molar-refractivity contribution in [2.75, 3.05) is 20.1 Å². The summed E-state index contributed by atoms with van der Waals surface area (Å²) < 4.78 is 0. The number of nitrogens with zero attached hydrogens (tertiary/aromatic N) is 1. The van der Waals surface area contributed by atoms with Crippen molar-refractivity contribution in [1.82, 2.24) is 4.90 Å². The molecule has 1 heterocycles. The van der Waals surface area contributed by atoms with Crippen molar-refractivity contribution in [2.45, 2.75) is 44.9 Å². The molecule has 2 fully saturated rings. The van der Waals surface area contributed by atoms with E-state index in [4.69, 9.17) is 0 Å². The molecule has 0 aromatic carbocycles. The van der Waals surface area contributed by atoms with Crippen molar-refractivity contribution in [2.24, 2.45) is 11.8 Å². The minimum Gasteiger partial charge on any atom is -0.306 e. The fourth-order valence-corrected chi connectivity index (χ4v) is 3.20. The van der Waals surface area contributed by atoms with Gasteiger partial charge in [0.05, 0.1) is 0 Å². The topological polar surface area (TPSA) is 3.24 Å². The summed E-state index contributed by atoms with van der Waals surface area (Å²) in [5.41, 5.74) is 0. The van der Waals surface area contributed by atoms with E-state index < -0.39 is 0 Å². The molecule has 2 rings (SSSR count). The summed E-state index contributed by atoms with van der Waals surface area (Å²) in [5.74, 6) is 2.12. The Bertz CT molecular complexity index is 149. The van der Waals surface area contributed by atoms with Gasteiger partial charge in [-0.3, -0.25) is 0 Å². The first kappa shape index (κ1) is 9.51. The largest absolute Gasteiger partial charge is 0.306 e. The van der Waals surface area contributed by atoms with Crippen molar-refractivity contribution in [3.8, 4) is 0 Å². The van der Waals surface area contributed by atoms with Crippen LogP contribution in [-0.2, 0) is 0 Å². The number of likely N-dealkylation sites (tertiary alicyclic amines) is 1. The van der Waals surface area contributed by atoms with Gasteiger partial charge in [0.15, 0.2) is 0 Å². The molecule has 76 valence electrons. The van der Waals surface area contributed by atoms with Crippen LogP contribution in [-0.4, -0.2) is 25.0 Å². The molecule has 1 saturated carbocycles. The molecule has 0 radical (unpaired) electrons. The molecule has 2 aliphatic rings. The summed E-state index contributed by atoms with van der Waals surface area (Å²) in [4.78, 5) is 2.53. The fourth-order valence-electron chi connectivity index (χ4n) is 3.20. The molecular weight excluding hydrogens is 158 g/mol. The average molecular weight is 181 g/mol.